The first-order valence-corrected chi connectivity index (χ1v) is 4.91. The van der Waals surface area contributed by atoms with Gasteiger partial charge in [-0.2, -0.15) is 0 Å². The smallest absolute Gasteiger partial charge is 0.147 e. The van der Waals surface area contributed by atoms with Gasteiger partial charge in [0.2, 0.25) is 0 Å². The molecule has 0 radical (unpaired) electrons. The lowest BCUT2D eigenvalue weighted by atomic mass is 9.92. The summed E-state index contributed by atoms with van der Waals surface area (Å²) >= 11 is 0. The highest BCUT2D eigenvalue weighted by atomic mass is 16.1. The Labute approximate surface area is 73.9 Å². The minimum atomic E-state index is 0.248. The van der Waals surface area contributed by atoms with Crippen molar-refractivity contribution in [3.8, 4) is 0 Å². The molecule has 1 aliphatic carbocycles. The summed E-state index contributed by atoms with van der Waals surface area (Å²) in [4.78, 5) is 13.6. The van der Waals surface area contributed by atoms with Gasteiger partial charge in [0.1, 0.15) is 5.78 Å². The maximum absolute atomic E-state index is 11.4. The minimum Gasteiger partial charge on any atom is -0.298 e. The van der Waals surface area contributed by atoms with Crippen LogP contribution in [0.4, 0.5) is 0 Å². The first-order chi connectivity index (χ1) is 5.70. The molecule has 0 aromatic carbocycles. The summed E-state index contributed by atoms with van der Waals surface area (Å²) in [7, 11) is 2.09. The van der Waals surface area contributed by atoms with E-state index in [1.807, 2.05) is 0 Å². The van der Waals surface area contributed by atoms with Gasteiger partial charge < -0.3 is 0 Å². The van der Waals surface area contributed by atoms with Crippen molar-refractivity contribution in [2.45, 2.75) is 32.2 Å². The number of ketones is 1. The summed E-state index contributed by atoms with van der Waals surface area (Å²) in [6, 6.07) is 0.248. The number of hydrogen-bond donors (Lipinski definition) is 0. The summed E-state index contributed by atoms with van der Waals surface area (Å²) < 4.78 is 0. The molecule has 0 aromatic heterocycles. The van der Waals surface area contributed by atoms with Crippen molar-refractivity contribution >= 4 is 5.78 Å². The van der Waals surface area contributed by atoms with Gasteiger partial charge in [-0.1, -0.05) is 6.42 Å². The molecule has 0 aromatic rings. The van der Waals surface area contributed by atoms with Crippen LogP contribution in [-0.2, 0) is 4.79 Å². The van der Waals surface area contributed by atoms with Gasteiger partial charge in [-0.05, 0) is 38.6 Å². The Hall–Kier alpha value is -0.370. The number of carbonyl (C=O) groups is 1. The Balaban J connectivity index is 2.15. The summed E-state index contributed by atoms with van der Waals surface area (Å²) in [5.41, 5.74) is 0. The van der Waals surface area contributed by atoms with E-state index in [4.69, 9.17) is 0 Å². The third-order valence-electron chi connectivity index (χ3n) is 3.54. The van der Waals surface area contributed by atoms with E-state index in [0.717, 1.165) is 12.5 Å². The van der Waals surface area contributed by atoms with E-state index >= 15 is 0 Å². The Morgan fingerprint density at radius 1 is 1.42 bits per heavy atom. The quantitative estimate of drug-likeness (QED) is 0.587. The monoisotopic (exact) mass is 167 g/mol. The molecule has 1 heterocycles. The molecule has 0 spiro atoms. The number of rotatable bonds is 1. The van der Waals surface area contributed by atoms with Crippen LogP contribution in [0.2, 0.25) is 0 Å². The Morgan fingerprint density at radius 3 is 2.83 bits per heavy atom. The van der Waals surface area contributed by atoms with Crippen LogP contribution in [0.15, 0.2) is 0 Å². The third kappa shape index (κ3) is 1.09. The highest BCUT2D eigenvalue weighted by Gasteiger charge is 2.44. The molecule has 2 fully saturated rings. The highest BCUT2D eigenvalue weighted by Crippen LogP contribution is 2.41. The van der Waals surface area contributed by atoms with Gasteiger partial charge in [0.25, 0.3) is 0 Å². The second kappa shape index (κ2) is 2.84. The Bertz CT molecular complexity index is 202. The molecule has 0 bridgehead atoms. The number of likely N-dealkylation sites (N-methyl/N-ethyl adjacent to an activating group) is 1. The number of nitrogens with zero attached hydrogens (tertiary/aromatic N) is 1. The van der Waals surface area contributed by atoms with Crippen LogP contribution in [0, 0.1) is 11.8 Å². The van der Waals surface area contributed by atoms with E-state index in [1.165, 1.54) is 19.3 Å². The van der Waals surface area contributed by atoms with Crippen LogP contribution in [0.25, 0.3) is 0 Å². The molecular formula is C10H17NO. The molecule has 1 saturated carbocycles. The van der Waals surface area contributed by atoms with Crippen LogP contribution >= 0.6 is 0 Å². The number of fused-ring (bicyclic) bond motifs is 1. The lowest BCUT2D eigenvalue weighted by Crippen LogP contribution is -2.35. The lowest BCUT2D eigenvalue weighted by Gasteiger charge is -2.20. The summed E-state index contributed by atoms with van der Waals surface area (Å²) in [5, 5.41) is 0. The zero-order valence-electron chi connectivity index (χ0n) is 7.92. The molecule has 2 heteroatoms. The molecule has 0 unspecified atom stereocenters. The van der Waals surface area contributed by atoms with E-state index in [0.29, 0.717) is 11.7 Å². The van der Waals surface area contributed by atoms with Crippen molar-refractivity contribution in [3.05, 3.63) is 0 Å². The maximum Gasteiger partial charge on any atom is 0.147 e. The summed E-state index contributed by atoms with van der Waals surface area (Å²) in [5.74, 6) is 1.88. The SMILES string of the molecule is CC(=O)[C@@H]1[C@@H]2CCC[C@@H]2CN1C. The molecule has 12 heavy (non-hydrogen) atoms. The molecule has 0 N–H and O–H groups in total. The van der Waals surface area contributed by atoms with Crippen LogP contribution in [0.3, 0.4) is 0 Å². The first kappa shape index (κ1) is 8.24. The van der Waals surface area contributed by atoms with Crippen LogP contribution < -0.4 is 0 Å². The summed E-state index contributed by atoms with van der Waals surface area (Å²) in [6.07, 6.45) is 3.96. The lowest BCUT2D eigenvalue weighted by molar-refractivity contribution is -0.121. The number of likely N-dealkylation sites (tertiary alicyclic amines) is 1. The van der Waals surface area contributed by atoms with Crippen LogP contribution in [0.5, 0.6) is 0 Å². The fraction of sp³-hybridized carbons (Fsp3) is 0.900. The van der Waals surface area contributed by atoms with Gasteiger partial charge in [0.05, 0.1) is 6.04 Å². The predicted molar refractivity (Wildman–Crippen MR) is 47.9 cm³/mol. The molecule has 68 valence electrons. The van der Waals surface area contributed by atoms with Crippen LogP contribution in [-0.4, -0.2) is 30.3 Å². The molecule has 2 aliphatic rings. The number of hydrogen-bond acceptors (Lipinski definition) is 2. The zero-order chi connectivity index (χ0) is 8.72. The van der Waals surface area contributed by atoms with E-state index in [9.17, 15) is 4.79 Å². The molecule has 2 nitrogen and oxygen atoms in total. The van der Waals surface area contributed by atoms with E-state index in [1.54, 1.807) is 6.92 Å². The second-order valence-electron chi connectivity index (χ2n) is 4.35. The van der Waals surface area contributed by atoms with Crippen molar-refractivity contribution in [1.29, 1.82) is 0 Å². The zero-order valence-corrected chi connectivity index (χ0v) is 7.92. The molecule has 1 saturated heterocycles. The second-order valence-corrected chi connectivity index (χ2v) is 4.35. The fourth-order valence-electron chi connectivity index (χ4n) is 3.13. The van der Waals surface area contributed by atoms with Crippen molar-refractivity contribution in [1.82, 2.24) is 4.90 Å². The summed E-state index contributed by atoms with van der Waals surface area (Å²) in [6.45, 7) is 2.89. The van der Waals surface area contributed by atoms with Gasteiger partial charge in [0, 0.05) is 6.54 Å². The third-order valence-corrected chi connectivity index (χ3v) is 3.54. The topological polar surface area (TPSA) is 20.3 Å². The predicted octanol–water partition coefficient (Wildman–Crippen LogP) is 1.31. The van der Waals surface area contributed by atoms with Gasteiger partial charge in [-0.3, -0.25) is 9.69 Å². The Kier molecular flexibility index (Phi) is 1.95. The average molecular weight is 167 g/mol. The van der Waals surface area contributed by atoms with Crippen LogP contribution in [0.1, 0.15) is 26.2 Å². The fourth-order valence-corrected chi connectivity index (χ4v) is 3.13. The van der Waals surface area contributed by atoms with E-state index < -0.39 is 0 Å². The standard InChI is InChI=1S/C10H17NO/c1-7(12)10-9-5-3-4-8(9)6-11(10)2/h8-10H,3-6H2,1-2H3/t8-,9-,10-/m1/s1. The average Bonchev–Trinajstić information content (AvgIpc) is 2.44. The normalized spacial score (nSPS) is 41.7. The maximum atomic E-state index is 11.4. The molecular weight excluding hydrogens is 150 g/mol. The highest BCUT2D eigenvalue weighted by molar-refractivity contribution is 5.82. The Morgan fingerprint density at radius 2 is 2.17 bits per heavy atom. The van der Waals surface area contributed by atoms with Crippen molar-refractivity contribution < 1.29 is 4.79 Å². The van der Waals surface area contributed by atoms with Gasteiger partial charge in [0.15, 0.2) is 0 Å². The van der Waals surface area contributed by atoms with Crippen molar-refractivity contribution in [2.75, 3.05) is 13.6 Å². The minimum absolute atomic E-state index is 0.248. The number of carbonyl (C=O) groups excluding carboxylic acids is 1. The largest absolute Gasteiger partial charge is 0.298 e. The van der Waals surface area contributed by atoms with Gasteiger partial charge in [-0.25, -0.2) is 0 Å². The molecule has 3 atom stereocenters. The van der Waals surface area contributed by atoms with E-state index in [-0.39, 0.29) is 6.04 Å². The van der Waals surface area contributed by atoms with Crippen molar-refractivity contribution in [2.24, 2.45) is 11.8 Å². The van der Waals surface area contributed by atoms with Crippen molar-refractivity contribution in [3.63, 3.8) is 0 Å². The molecule has 2 rings (SSSR count). The van der Waals surface area contributed by atoms with Gasteiger partial charge in [-0.15, -0.1) is 0 Å². The first-order valence-electron chi connectivity index (χ1n) is 4.91. The number of Topliss-reactive ketones (excluding diaryl/α,β-unsaturated/α-hetero) is 1. The van der Waals surface area contributed by atoms with Gasteiger partial charge >= 0.3 is 0 Å². The molecule has 0 amide bonds. The van der Waals surface area contributed by atoms with E-state index in [2.05, 4.69) is 11.9 Å². The molecule has 1 aliphatic heterocycles.